The van der Waals surface area contributed by atoms with E-state index in [1.54, 1.807) is 0 Å². The molecule has 0 saturated carbocycles. The number of hydrogen-bond donors (Lipinski definition) is 0. The number of fused-ring (bicyclic) bond motifs is 1. The van der Waals surface area contributed by atoms with Crippen LogP contribution >= 0.6 is 11.6 Å². The third-order valence-electron chi connectivity index (χ3n) is 5.20. The summed E-state index contributed by atoms with van der Waals surface area (Å²) in [6.45, 7) is 6.18. The van der Waals surface area contributed by atoms with Crippen molar-refractivity contribution in [3.8, 4) is 5.75 Å². The van der Waals surface area contributed by atoms with Crippen LogP contribution in [0.3, 0.4) is 0 Å². The summed E-state index contributed by atoms with van der Waals surface area (Å²) >= 11 is 6.32. The fourth-order valence-corrected chi connectivity index (χ4v) is 3.91. The third-order valence-corrected chi connectivity index (χ3v) is 5.52. The Morgan fingerprint density at radius 2 is 1.74 bits per heavy atom. The van der Waals surface area contributed by atoms with Crippen LogP contribution in [0.1, 0.15) is 12.8 Å². The Labute approximate surface area is 165 Å². The molecule has 27 heavy (non-hydrogen) atoms. The third kappa shape index (κ3) is 4.57. The minimum Gasteiger partial charge on any atom is -0.493 e. The Balaban J connectivity index is 1.15. The molecule has 5 heteroatoms. The summed E-state index contributed by atoms with van der Waals surface area (Å²) in [5, 5.41) is 0.849. The lowest BCUT2D eigenvalue weighted by molar-refractivity contribution is 0.238. The van der Waals surface area contributed by atoms with Gasteiger partial charge in [0.15, 0.2) is 0 Å². The number of halogens is 1. The predicted octanol–water partition coefficient (Wildman–Crippen LogP) is 4.57. The van der Waals surface area contributed by atoms with Crippen LogP contribution in [0.4, 0.5) is 5.69 Å². The average Bonchev–Trinajstić information content (AvgIpc) is 3.17. The number of unbranched alkanes of at least 4 members (excludes halogenated alkanes) is 1. The van der Waals surface area contributed by atoms with Crippen molar-refractivity contribution >= 4 is 22.8 Å². The molecule has 4 nitrogen and oxygen atoms in total. The molecule has 1 aromatic carbocycles. The van der Waals surface area contributed by atoms with Gasteiger partial charge in [-0.1, -0.05) is 23.7 Å². The number of anilines is 1. The van der Waals surface area contributed by atoms with E-state index < -0.39 is 0 Å². The van der Waals surface area contributed by atoms with Crippen LogP contribution in [0.2, 0.25) is 5.02 Å². The van der Waals surface area contributed by atoms with Gasteiger partial charge in [-0.05, 0) is 49.7 Å². The van der Waals surface area contributed by atoms with Crippen LogP contribution in [0.15, 0.2) is 60.9 Å². The second kappa shape index (κ2) is 8.68. The van der Waals surface area contributed by atoms with Crippen molar-refractivity contribution in [2.45, 2.75) is 12.8 Å². The van der Waals surface area contributed by atoms with Crippen molar-refractivity contribution in [3.63, 3.8) is 0 Å². The summed E-state index contributed by atoms with van der Waals surface area (Å²) in [4.78, 5) is 4.93. The maximum atomic E-state index is 6.32. The lowest BCUT2D eigenvalue weighted by Crippen LogP contribution is -2.46. The number of benzene rings is 1. The SMILES string of the molecule is Clc1ccccc1N1CCN(CCCCOc2ccn3cccc3c2)CC1. The molecule has 0 N–H and O–H groups in total. The Morgan fingerprint density at radius 3 is 2.59 bits per heavy atom. The van der Waals surface area contributed by atoms with Crippen molar-refractivity contribution < 1.29 is 4.74 Å². The van der Waals surface area contributed by atoms with Crippen LogP contribution < -0.4 is 9.64 Å². The highest BCUT2D eigenvalue weighted by molar-refractivity contribution is 6.33. The summed E-state index contributed by atoms with van der Waals surface area (Å²) in [5.41, 5.74) is 2.33. The number of nitrogens with zero attached hydrogens (tertiary/aromatic N) is 3. The first-order valence-corrected chi connectivity index (χ1v) is 10.1. The van der Waals surface area contributed by atoms with Crippen LogP contribution in [-0.4, -0.2) is 48.6 Å². The van der Waals surface area contributed by atoms with Crippen molar-refractivity contribution in [1.82, 2.24) is 9.30 Å². The number of hydrogen-bond acceptors (Lipinski definition) is 3. The highest BCUT2D eigenvalue weighted by Crippen LogP contribution is 2.26. The topological polar surface area (TPSA) is 20.1 Å². The van der Waals surface area contributed by atoms with Crippen LogP contribution in [0.25, 0.3) is 5.52 Å². The smallest absolute Gasteiger partial charge is 0.122 e. The van der Waals surface area contributed by atoms with Gasteiger partial charge in [-0.15, -0.1) is 0 Å². The molecule has 0 amide bonds. The minimum absolute atomic E-state index is 0.774. The molecule has 142 valence electrons. The van der Waals surface area contributed by atoms with Crippen molar-refractivity contribution in [1.29, 1.82) is 0 Å². The molecule has 0 aliphatic carbocycles. The first-order chi connectivity index (χ1) is 13.3. The number of aromatic nitrogens is 1. The second-order valence-corrected chi connectivity index (χ2v) is 7.45. The molecule has 1 aliphatic rings. The molecule has 1 aliphatic heterocycles. The molecule has 1 saturated heterocycles. The van der Waals surface area contributed by atoms with Crippen molar-refractivity contribution in [2.24, 2.45) is 0 Å². The van der Waals surface area contributed by atoms with E-state index in [1.807, 2.05) is 36.7 Å². The highest BCUT2D eigenvalue weighted by Gasteiger charge is 2.18. The second-order valence-electron chi connectivity index (χ2n) is 7.04. The average molecular weight is 384 g/mol. The standard InChI is InChI=1S/C22H26ClN3O/c23-21-7-1-2-8-22(21)26-15-13-24(14-16-26)10-3-4-17-27-20-9-12-25-11-5-6-19(25)18-20/h1-2,5-9,11-12,18H,3-4,10,13-17H2. The number of rotatable bonds is 7. The van der Waals surface area contributed by atoms with Crippen molar-refractivity contribution in [3.05, 3.63) is 65.9 Å². The highest BCUT2D eigenvalue weighted by atomic mass is 35.5. The quantitative estimate of drug-likeness (QED) is 0.557. The number of piperazine rings is 1. The lowest BCUT2D eigenvalue weighted by atomic mass is 10.2. The first kappa shape index (κ1) is 18.2. The lowest BCUT2D eigenvalue weighted by Gasteiger charge is -2.36. The maximum absolute atomic E-state index is 6.32. The zero-order chi connectivity index (χ0) is 18.5. The summed E-state index contributed by atoms with van der Waals surface area (Å²) in [7, 11) is 0. The zero-order valence-corrected chi connectivity index (χ0v) is 16.3. The molecule has 1 fully saturated rings. The Kier molecular flexibility index (Phi) is 5.85. The van der Waals surface area contributed by atoms with Gasteiger partial charge in [-0.3, -0.25) is 4.90 Å². The fraction of sp³-hybridized carbons (Fsp3) is 0.364. The summed E-state index contributed by atoms with van der Waals surface area (Å²) < 4.78 is 8.00. The number of ether oxygens (including phenoxy) is 1. The van der Waals surface area contributed by atoms with Crippen LogP contribution in [-0.2, 0) is 0 Å². The molecule has 3 heterocycles. The maximum Gasteiger partial charge on any atom is 0.122 e. The molecule has 0 radical (unpaired) electrons. The van der Waals surface area contributed by atoms with Gasteiger partial charge >= 0.3 is 0 Å². The molecule has 3 aromatic rings. The minimum atomic E-state index is 0.774. The van der Waals surface area contributed by atoms with Gasteiger partial charge < -0.3 is 14.0 Å². The Bertz CT molecular complexity index is 871. The van der Waals surface area contributed by atoms with E-state index in [4.69, 9.17) is 16.3 Å². The van der Waals surface area contributed by atoms with Gasteiger partial charge in [0.25, 0.3) is 0 Å². The molecular formula is C22H26ClN3O. The van der Waals surface area contributed by atoms with E-state index in [9.17, 15) is 0 Å². The van der Waals surface area contributed by atoms with Gasteiger partial charge in [-0.25, -0.2) is 0 Å². The molecule has 0 unspecified atom stereocenters. The van der Waals surface area contributed by atoms with E-state index in [0.717, 1.165) is 62.2 Å². The summed E-state index contributed by atoms with van der Waals surface area (Å²) in [5.74, 6) is 0.953. The van der Waals surface area contributed by atoms with Gasteiger partial charge in [0.1, 0.15) is 5.75 Å². The van der Waals surface area contributed by atoms with Crippen LogP contribution in [0, 0.1) is 0 Å². The summed E-state index contributed by atoms with van der Waals surface area (Å²) in [6, 6.07) is 16.4. The van der Waals surface area contributed by atoms with Gasteiger partial charge in [0, 0.05) is 50.2 Å². The molecule has 0 bridgehead atoms. The van der Waals surface area contributed by atoms with Crippen molar-refractivity contribution in [2.75, 3.05) is 44.2 Å². The van der Waals surface area contributed by atoms with E-state index >= 15 is 0 Å². The normalized spacial score (nSPS) is 15.4. The zero-order valence-electron chi connectivity index (χ0n) is 15.6. The van der Waals surface area contributed by atoms with E-state index in [-0.39, 0.29) is 0 Å². The Hall–Kier alpha value is -2.17. The van der Waals surface area contributed by atoms with Gasteiger partial charge in [-0.2, -0.15) is 0 Å². The number of para-hydroxylation sites is 1. The molecule has 0 atom stereocenters. The van der Waals surface area contributed by atoms with Gasteiger partial charge in [0.2, 0.25) is 0 Å². The largest absolute Gasteiger partial charge is 0.493 e. The summed E-state index contributed by atoms with van der Waals surface area (Å²) in [6.07, 6.45) is 6.34. The Morgan fingerprint density at radius 1 is 0.889 bits per heavy atom. The van der Waals surface area contributed by atoms with Crippen LogP contribution in [0.5, 0.6) is 5.75 Å². The molecule has 0 spiro atoms. The van der Waals surface area contributed by atoms with E-state index in [0.29, 0.717) is 0 Å². The van der Waals surface area contributed by atoms with Gasteiger partial charge in [0.05, 0.1) is 17.3 Å². The predicted molar refractivity (Wildman–Crippen MR) is 112 cm³/mol. The molecule has 4 rings (SSSR count). The van der Waals surface area contributed by atoms with E-state index in [1.165, 1.54) is 11.9 Å². The first-order valence-electron chi connectivity index (χ1n) is 9.71. The molecule has 2 aromatic heterocycles. The fourth-order valence-electron chi connectivity index (χ4n) is 3.65. The number of pyridine rings is 1. The molecular weight excluding hydrogens is 358 g/mol. The van der Waals surface area contributed by atoms with E-state index in [2.05, 4.69) is 38.5 Å². The monoisotopic (exact) mass is 383 g/mol.